The number of likely N-dealkylation sites (tertiary alicyclic amines) is 1. The fourth-order valence-corrected chi connectivity index (χ4v) is 2.75. The Morgan fingerprint density at radius 1 is 1.24 bits per heavy atom. The molecule has 1 aliphatic carbocycles. The third-order valence-corrected chi connectivity index (χ3v) is 4.26. The first-order chi connectivity index (χ1) is 10.1. The minimum atomic E-state index is -0.415. The number of rotatable bonds is 3. The van der Waals surface area contributed by atoms with E-state index in [1.54, 1.807) is 11.1 Å². The van der Waals surface area contributed by atoms with Crippen LogP contribution in [0.15, 0.2) is 24.4 Å². The molecule has 1 aromatic heterocycles. The maximum absolute atomic E-state index is 12.4. The lowest BCUT2D eigenvalue weighted by Crippen LogP contribution is -2.46. The molecular formula is C15H19N4O2. The van der Waals surface area contributed by atoms with Crippen LogP contribution in [-0.4, -0.2) is 34.9 Å². The zero-order valence-corrected chi connectivity index (χ0v) is 11.8. The van der Waals surface area contributed by atoms with Crippen LogP contribution in [-0.2, 0) is 10.3 Å². The summed E-state index contributed by atoms with van der Waals surface area (Å²) in [5, 5.41) is 3.12. The van der Waals surface area contributed by atoms with Crippen molar-refractivity contribution in [3.05, 3.63) is 36.0 Å². The average Bonchev–Trinajstić information content (AvgIpc) is 3.29. The van der Waals surface area contributed by atoms with Gasteiger partial charge in [-0.1, -0.05) is 6.07 Å². The van der Waals surface area contributed by atoms with Crippen LogP contribution in [0, 0.1) is 5.92 Å². The standard InChI is InChI=1S/C15H19N4O2/c16-14(21)19-9-4-11(5-10-19)13(20)18-15(6-7-15)12-3-1-2-8-17-12/h1-3,8H,4-7,9-10H2,(H2,16,21)(H,18,20). The van der Waals surface area contributed by atoms with E-state index in [0.29, 0.717) is 25.9 Å². The minimum absolute atomic E-state index is 0.0118. The topological polar surface area (TPSA) is 88.3 Å². The number of piperidine rings is 1. The lowest BCUT2D eigenvalue weighted by Gasteiger charge is -2.30. The minimum Gasteiger partial charge on any atom is -0.351 e. The van der Waals surface area contributed by atoms with Crippen molar-refractivity contribution in [2.45, 2.75) is 31.2 Å². The quantitative estimate of drug-likeness (QED) is 0.867. The number of hydrogen-bond donors (Lipinski definition) is 2. The molecular weight excluding hydrogens is 268 g/mol. The highest BCUT2D eigenvalue weighted by Gasteiger charge is 2.47. The molecule has 6 nitrogen and oxygen atoms in total. The van der Waals surface area contributed by atoms with Gasteiger partial charge in [-0.05, 0) is 37.8 Å². The highest BCUT2D eigenvalue weighted by Crippen LogP contribution is 2.44. The highest BCUT2D eigenvalue weighted by atomic mass is 16.2. The number of hydrogen-bond acceptors (Lipinski definition) is 3. The maximum atomic E-state index is 12.4. The second kappa shape index (κ2) is 5.35. The van der Waals surface area contributed by atoms with Crippen molar-refractivity contribution in [3.8, 4) is 0 Å². The summed E-state index contributed by atoms with van der Waals surface area (Å²) in [6.45, 7) is 1.04. The van der Waals surface area contributed by atoms with E-state index in [0.717, 1.165) is 24.5 Å². The van der Waals surface area contributed by atoms with Crippen molar-refractivity contribution in [2.75, 3.05) is 13.1 Å². The van der Waals surface area contributed by atoms with Gasteiger partial charge in [-0.3, -0.25) is 9.78 Å². The van der Waals surface area contributed by atoms with E-state index >= 15 is 0 Å². The van der Waals surface area contributed by atoms with Crippen molar-refractivity contribution >= 4 is 11.9 Å². The first-order valence-electron chi connectivity index (χ1n) is 7.24. The monoisotopic (exact) mass is 287 g/mol. The van der Waals surface area contributed by atoms with Gasteiger partial charge in [-0.25, -0.2) is 4.79 Å². The van der Waals surface area contributed by atoms with Crippen molar-refractivity contribution in [1.82, 2.24) is 15.2 Å². The van der Waals surface area contributed by atoms with Gasteiger partial charge in [0.1, 0.15) is 0 Å². The van der Waals surface area contributed by atoms with Crippen molar-refractivity contribution in [2.24, 2.45) is 5.73 Å². The first kappa shape index (κ1) is 13.9. The average molecular weight is 287 g/mol. The first-order valence-corrected chi connectivity index (χ1v) is 7.24. The molecule has 3 rings (SSSR count). The van der Waals surface area contributed by atoms with Gasteiger partial charge < -0.3 is 16.0 Å². The van der Waals surface area contributed by atoms with E-state index < -0.39 is 6.03 Å². The lowest BCUT2D eigenvalue weighted by molar-refractivity contribution is -0.121. The van der Waals surface area contributed by atoms with E-state index in [1.165, 1.54) is 0 Å². The van der Waals surface area contributed by atoms with Gasteiger partial charge in [-0.15, -0.1) is 0 Å². The second-order valence-corrected chi connectivity index (χ2v) is 5.68. The Kier molecular flexibility index (Phi) is 3.53. The summed E-state index contributed by atoms with van der Waals surface area (Å²) >= 11 is 0. The molecule has 21 heavy (non-hydrogen) atoms. The van der Waals surface area contributed by atoms with Crippen LogP contribution in [0.3, 0.4) is 0 Å². The van der Waals surface area contributed by atoms with Crippen LogP contribution in [0.5, 0.6) is 0 Å². The van der Waals surface area contributed by atoms with E-state index in [9.17, 15) is 9.59 Å². The van der Waals surface area contributed by atoms with Crippen LogP contribution in [0.2, 0.25) is 0 Å². The van der Waals surface area contributed by atoms with Gasteiger partial charge in [0, 0.05) is 19.3 Å². The Hall–Kier alpha value is -2.11. The molecule has 2 aliphatic rings. The molecule has 1 radical (unpaired) electrons. The normalized spacial score (nSPS) is 20.9. The molecule has 3 N–H and O–H groups in total. The molecule has 0 atom stereocenters. The molecule has 1 saturated heterocycles. The Morgan fingerprint density at radius 3 is 2.48 bits per heavy atom. The predicted octanol–water partition coefficient (Wildman–Crippen LogP) is 0.936. The highest BCUT2D eigenvalue weighted by molar-refractivity contribution is 5.91. The molecule has 1 aromatic rings. The molecule has 0 aromatic carbocycles. The van der Waals surface area contributed by atoms with Crippen LogP contribution < -0.4 is 11.1 Å². The summed E-state index contributed by atoms with van der Waals surface area (Å²) in [5.74, 6) is 0.831. The van der Waals surface area contributed by atoms with Gasteiger partial charge in [0.05, 0.1) is 17.2 Å². The number of carbonyl (C=O) groups excluding carboxylic acids is 2. The van der Waals surface area contributed by atoms with Crippen LogP contribution >= 0.6 is 0 Å². The molecule has 1 aliphatic heterocycles. The van der Waals surface area contributed by atoms with Gasteiger partial charge >= 0.3 is 6.03 Å². The van der Waals surface area contributed by atoms with Crippen molar-refractivity contribution in [1.29, 1.82) is 0 Å². The predicted molar refractivity (Wildman–Crippen MR) is 76.9 cm³/mol. The van der Waals surface area contributed by atoms with Crippen LogP contribution in [0.4, 0.5) is 4.79 Å². The summed E-state index contributed by atoms with van der Waals surface area (Å²) in [7, 11) is 0. The number of nitrogens with two attached hydrogens (primary N) is 1. The van der Waals surface area contributed by atoms with Crippen molar-refractivity contribution in [3.63, 3.8) is 0 Å². The summed E-state index contributed by atoms with van der Waals surface area (Å²) in [5.41, 5.74) is 5.88. The third-order valence-electron chi connectivity index (χ3n) is 4.26. The van der Waals surface area contributed by atoms with Crippen LogP contribution in [0.1, 0.15) is 31.4 Å². The fraction of sp³-hybridized carbons (Fsp3) is 0.467. The molecule has 0 spiro atoms. The van der Waals surface area contributed by atoms with Gasteiger partial charge in [0.25, 0.3) is 0 Å². The molecule has 6 heteroatoms. The SMILES string of the molecule is NC(=O)N1CC[C](C(=O)NC2(c3ccccn3)CC2)CC1. The molecule has 0 bridgehead atoms. The van der Waals surface area contributed by atoms with Gasteiger partial charge in [0.15, 0.2) is 0 Å². The zero-order chi connectivity index (χ0) is 14.9. The lowest BCUT2D eigenvalue weighted by atomic mass is 9.95. The molecule has 0 unspecified atom stereocenters. The Balaban J connectivity index is 1.59. The molecule has 2 fully saturated rings. The van der Waals surface area contributed by atoms with E-state index in [1.807, 2.05) is 18.2 Å². The van der Waals surface area contributed by atoms with Crippen LogP contribution in [0.25, 0.3) is 0 Å². The molecule has 111 valence electrons. The summed E-state index contributed by atoms with van der Waals surface area (Å²) < 4.78 is 0. The number of pyridine rings is 1. The van der Waals surface area contributed by atoms with Crippen molar-refractivity contribution < 1.29 is 9.59 Å². The Bertz CT molecular complexity index is 534. The number of urea groups is 1. The smallest absolute Gasteiger partial charge is 0.314 e. The fourth-order valence-electron chi connectivity index (χ4n) is 2.75. The number of carbonyl (C=O) groups is 2. The molecule has 2 heterocycles. The van der Waals surface area contributed by atoms with Gasteiger partial charge in [-0.2, -0.15) is 0 Å². The Morgan fingerprint density at radius 2 is 1.95 bits per heavy atom. The van der Waals surface area contributed by atoms with E-state index in [2.05, 4.69) is 10.3 Å². The zero-order valence-electron chi connectivity index (χ0n) is 11.8. The summed E-state index contributed by atoms with van der Waals surface area (Å²) in [6.07, 6.45) is 4.78. The largest absolute Gasteiger partial charge is 0.351 e. The molecule has 3 amide bonds. The summed E-state index contributed by atoms with van der Waals surface area (Å²) in [4.78, 5) is 29.4. The van der Waals surface area contributed by atoms with Gasteiger partial charge in [0.2, 0.25) is 5.91 Å². The number of amides is 3. The number of nitrogens with zero attached hydrogens (tertiary/aromatic N) is 2. The molecule has 1 saturated carbocycles. The maximum Gasteiger partial charge on any atom is 0.314 e. The number of nitrogens with one attached hydrogen (secondary N) is 1. The Labute approximate surface area is 123 Å². The van der Waals surface area contributed by atoms with E-state index in [-0.39, 0.29) is 11.4 Å². The third kappa shape index (κ3) is 2.84. The number of aromatic nitrogens is 1. The second-order valence-electron chi connectivity index (χ2n) is 5.68. The van der Waals surface area contributed by atoms with E-state index in [4.69, 9.17) is 5.73 Å². The number of primary amides is 1. The summed E-state index contributed by atoms with van der Waals surface area (Å²) in [6, 6.07) is 5.35.